The van der Waals surface area contributed by atoms with Crippen LogP contribution >= 0.6 is 46.1 Å². The Hall–Kier alpha value is -0.450. The first-order valence-corrected chi connectivity index (χ1v) is 8.03. The van der Waals surface area contributed by atoms with Crippen molar-refractivity contribution in [1.29, 1.82) is 0 Å². The minimum Gasteiger partial charge on any atom is -0.495 e. The molecule has 0 radical (unpaired) electrons. The van der Waals surface area contributed by atoms with E-state index in [9.17, 15) is 0 Å². The van der Waals surface area contributed by atoms with Crippen molar-refractivity contribution in [3.05, 3.63) is 49.1 Å². The molecule has 2 rings (SSSR count). The highest BCUT2D eigenvalue weighted by atomic mass is 35.5. The van der Waals surface area contributed by atoms with E-state index in [1.54, 1.807) is 7.11 Å². The van der Waals surface area contributed by atoms with E-state index in [0.717, 1.165) is 17.7 Å². The maximum Gasteiger partial charge on any atom is 0.137 e. The van der Waals surface area contributed by atoms with Crippen molar-refractivity contribution < 1.29 is 4.74 Å². The molecular formula is C14H14Cl3NOS. The Morgan fingerprint density at radius 3 is 2.50 bits per heavy atom. The first kappa shape index (κ1) is 15.9. The highest BCUT2D eigenvalue weighted by Crippen LogP contribution is 2.38. The molecule has 108 valence electrons. The third-order valence-corrected chi connectivity index (χ3v) is 4.72. The van der Waals surface area contributed by atoms with Gasteiger partial charge in [-0.3, -0.25) is 0 Å². The number of hydrogen-bond donors (Lipinski definition) is 1. The van der Waals surface area contributed by atoms with Gasteiger partial charge in [0, 0.05) is 5.56 Å². The average molecular weight is 351 g/mol. The van der Waals surface area contributed by atoms with Crippen LogP contribution < -0.4 is 10.1 Å². The number of thiophene rings is 1. The predicted molar refractivity (Wildman–Crippen MR) is 87.9 cm³/mol. The van der Waals surface area contributed by atoms with Crippen LogP contribution in [0, 0.1) is 0 Å². The third-order valence-electron chi connectivity index (χ3n) is 2.91. The van der Waals surface area contributed by atoms with Crippen molar-refractivity contribution in [2.75, 3.05) is 13.7 Å². The number of halogens is 3. The standard InChI is InChI=1S/C14H14Cl3NOS/c1-3-18-13(9-7-12(16)20-14(9)17)8-4-5-11(19-2)10(15)6-8/h4-7,13,18H,3H2,1-2H3. The predicted octanol–water partition coefficient (Wildman–Crippen LogP) is 5.42. The first-order valence-electron chi connectivity index (χ1n) is 6.08. The molecule has 1 aromatic heterocycles. The zero-order valence-corrected chi connectivity index (χ0v) is 14.1. The molecule has 6 heteroatoms. The Labute approximate surface area is 137 Å². The Kier molecular flexibility index (Phi) is 5.58. The summed E-state index contributed by atoms with van der Waals surface area (Å²) in [6.45, 7) is 2.85. The highest BCUT2D eigenvalue weighted by molar-refractivity contribution is 7.20. The summed E-state index contributed by atoms with van der Waals surface area (Å²) in [5, 5.41) is 3.97. The topological polar surface area (TPSA) is 21.3 Å². The van der Waals surface area contributed by atoms with Gasteiger partial charge in [0.1, 0.15) is 5.75 Å². The molecule has 0 saturated carbocycles. The van der Waals surface area contributed by atoms with E-state index >= 15 is 0 Å². The van der Waals surface area contributed by atoms with Crippen LogP contribution in [0.15, 0.2) is 24.3 Å². The van der Waals surface area contributed by atoms with Crippen molar-refractivity contribution in [2.45, 2.75) is 13.0 Å². The van der Waals surface area contributed by atoms with E-state index in [1.807, 2.05) is 31.2 Å². The fourth-order valence-electron chi connectivity index (χ4n) is 2.02. The Bertz CT molecular complexity index is 600. The summed E-state index contributed by atoms with van der Waals surface area (Å²) in [4.78, 5) is 0. The summed E-state index contributed by atoms with van der Waals surface area (Å²) < 4.78 is 6.54. The van der Waals surface area contributed by atoms with Gasteiger partial charge in [-0.1, -0.05) is 47.8 Å². The molecule has 0 aliphatic heterocycles. The smallest absolute Gasteiger partial charge is 0.137 e. The number of ether oxygens (including phenoxy) is 1. The maximum absolute atomic E-state index is 6.26. The van der Waals surface area contributed by atoms with E-state index < -0.39 is 0 Å². The van der Waals surface area contributed by atoms with E-state index in [4.69, 9.17) is 39.5 Å². The Morgan fingerprint density at radius 2 is 2.00 bits per heavy atom. The van der Waals surface area contributed by atoms with Crippen LogP contribution in [0.3, 0.4) is 0 Å². The van der Waals surface area contributed by atoms with Gasteiger partial charge in [0.2, 0.25) is 0 Å². The second-order valence-corrected chi connectivity index (χ2v) is 6.86. The van der Waals surface area contributed by atoms with Crippen molar-refractivity contribution in [2.24, 2.45) is 0 Å². The maximum atomic E-state index is 6.26. The normalized spacial score (nSPS) is 12.4. The first-order chi connectivity index (χ1) is 9.56. The van der Waals surface area contributed by atoms with Gasteiger partial charge in [0.15, 0.2) is 0 Å². The van der Waals surface area contributed by atoms with E-state index in [-0.39, 0.29) is 6.04 Å². The number of hydrogen-bond acceptors (Lipinski definition) is 3. The molecule has 1 atom stereocenters. The van der Waals surface area contributed by atoms with Crippen LogP contribution in [-0.4, -0.2) is 13.7 Å². The summed E-state index contributed by atoms with van der Waals surface area (Å²) >= 11 is 19.9. The summed E-state index contributed by atoms with van der Waals surface area (Å²) in [7, 11) is 1.60. The lowest BCUT2D eigenvalue weighted by Crippen LogP contribution is -2.21. The monoisotopic (exact) mass is 349 g/mol. The van der Waals surface area contributed by atoms with E-state index in [2.05, 4.69) is 5.32 Å². The van der Waals surface area contributed by atoms with Crippen LogP contribution in [0.2, 0.25) is 13.7 Å². The fourth-order valence-corrected chi connectivity index (χ4v) is 3.82. The van der Waals surface area contributed by atoms with Gasteiger partial charge in [-0.15, -0.1) is 11.3 Å². The average Bonchev–Trinajstić information content (AvgIpc) is 2.74. The minimum atomic E-state index is -0.0420. The number of rotatable bonds is 5. The molecule has 2 nitrogen and oxygen atoms in total. The number of methoxy groups -OCH3 is 1. The van der Waals surface area contributed by atoms with Crippen molar-refractivity contribution >= 4 is 46.1 Å². The van der Waals surface area contributed by atoms with Gasteiger partial charge in [0.25, 0.3) is 0 Å². The molecule has 1 aromatic carbocycles. The second-order valence-electron chi connectivity index (χ2n) is 4.16. The molecule has 0 spiro atoms. The van der Waals surface area contributed by atoms with Crippen molar-refractivity contribution in [3.63, 3.8) is 0 Å². The molecule has 0 fully saturated rings. The third kappa shape index (κ3) is 3.41. The highest BCUT2D eigenvalue weighted by Gasteiger charge is 2.19. The molecule has 0 saturated heterocycles. The number of benzene rings is 1. The lowest BCUT2D eigenvalue weighted by molar-refractivity contribution is 0.414. The van der Waals surface area contributed by atoms with E-state index in [0.29, 0.717) is 19.4 Å². The quantitative estimate of drug-likeness (QED) is 0.778. The van der Waals surface area contributed by atoms with Gasteiger partial charge in [-0.25, -0.2) is 0 Å². The van der Waals surface area contributed by atoms with Crippen LogP contribution in [0.4, 0.5) is 0 Å². The molecule has 1 heterocycles. The van der Waals surface area contributed by atoms with Crippen molar-refractivity contribution in [3.8, 4) is 5.75 Å². The summed E-state index contributed by atoms with van der Waals surface area (Å²) in [6.07, 6.45) is 0. The van der Waals surface area contributed by atoms with Gasteiger partial charge in [-0.05, 0) is 30.3 Å². The van der Waals surface area contributed by atoms with Crippen LogP contribution in [-0.2, 0) is 0 Å². The summed E-state index contributed by atoms with van der Waals surface area (Å²) in [5.74, 6) is 0.653. The Balaban J connectivity index is 2.43. The molecule has 0 amide bonds. The molecular weight excluding hydrogens is 337 g/mol. The zero-order valence-electron chi connectivity index (χ0n) is 11.0. The fraction of sp³-hybridized carbons (Fsp3) is 0.286. The summed E-state index contributed by atoms with van der Waals surface area (Å²) in [6, 6.07) is 7.55. The molecule has 20 heavy (non-hydrogen) atoms. The van der Waals surface area contributed by atoms with Crippen molar-refractivity contribution in [1.82, 2.24) is 5.32 Å². The van der Waals surface area contributed by atoms with E-state index in [1.165, 1.54) is 11.3 Å². The largest absolute Gasteiger partial charge is 0.495 e. The lowest BCUT2D eigenvalue weighted by Gasteiger charge is -2.19. The van der Waals surface area contributed by atoms with Gasteiger partial charge >= 0.3 is 0 Å². The molecule has 0 aliphatic rings. The van der Waals surface area contributed by atoms with Gasteiger partial charge < -0.3 is 10.1 Å². The van der Waals surface area contributed by atoms with Crippen LogP contribution in [0.5, 0.6) is 5.75 Å². The van der Waals surface area contributed by atoms with Crippen LogP contribution in [0.25, 0.3) is 0 Å². The zero-order chi connectivity index (χ0) is 14.7. The molecule has 2 aromatic rings. The molecule has 1 unspecified atom stereocenters. The molecule has 0 bridgehead atoms. The molecule has 1 N–H and O–H groups in total. The SMILES string of the molecule is CCNC(c1ccc(OC)c(Cl)c1)c1cc(Cl)sc1Cl. The van der Waals surface area contributed by atoms with Gasteiger partial charge in [-0.2, -0.15) is 0 Å². The number of nitrogens with one attached hydrogen (secondary N) is 1. The summed E-state index contributed by atoms with van der Waals surface area (Å²) in [5.41, 5.74) is 1.98. The Morgan fingerprint density at radius 1 is 1.25 bits per heavy atom. The molecule has 0 aliphatic carbocycles. The minimum absolute atomic E-state index is 0.0420. The lowest BCUT2D eigenvalue weighted by atomic mass is 10.0. The van der Waals surface area contributed by atoms with Crippen LogP contribution in [0.1, 0.15) is 24.1 Å². The van der Waals surface area contributed by atoms with Gasteiger partial charge in [0.05, 0.1) is 26.8 Å². The second kappa shape index (κ2) is 7.01.